The lowest BCUT2D eigenvalue weighted by Crippen LogP contribution is -2.43. The first kappa shape index (κ1) is 35.1. The molecule has 4 aliphatic heterocycles. The summed E-state index contributed by atoms with van der Waals surface area (Å²) < 4.78 is 15.8. The van der Waals surface area contributed by atoms with E-state index in [0.29, 0.717) is 45.4 Å². The molecule has 0 spiro atoms. The number of aliphatic hydroxyl groups is 1. The molecule has 1 aromatic heterocycles. The maximum absolute atomic E-state index is 13.6. The van der Waals surface area contributed by atoms with Gasteiger partial charge < -0.3 is 29.6 Å². The molecule has 11 nitrogen and oxygen atoms in total. The molecule has 8 bridgehead atoms. The Kier molecular flexibility index (Phi) is 9.09. The van der Waals surface area contributed by atoms with Crippen LogP contribution in [0.25, 0.3) is 17.9 Å². The molecule has 5 aliphatic rings. The van der Waals surface area contributed by atoms with E-state index >= 15 is 0 Å². The third-order valence-electron chi connectivity index (χ3n) is 10.5. The van der Waals surface area contributed by atoms with Gasteiger partial charge in [-0.15, -0.1) is 0 Å². The largest absolute Gasteiger partial charge is 0.508 e. The Morgan fingerprint density at radius 3 is 2.45 bits per heavy atom. The van der Waals surface area contributed by atoms with Crippen LogP contribution in [0.4, 0.5) is 0 Å². The number of esters is 3. The number of H-pyrrole nitrogens is 1. The first-order valence-electron chi connectivity index (χ1n) is 16.7. The number of nitrogens with one attached hydrogen (secondary N) is 2. The van der Waals surface area contributed by atoms with E-state index in [0.717, 1.165) is 33.7 Å². The number of fused-ring (bicyclic) bond motifs is 9. The van der Waals surface area contributed by atoms with Crippen molar-refractivity contribution in [2.75, 3.05) is 14.2 Å². The van der Waals surface area contributed by atoms with Crippen molar-refractivity contribution in [1.29, 1.82) is 0 Å². The minimum absolute atomic E-state index is 0.0148. The van der Waals surface area contributed by atoms with E-state index in [1.54, 1.807) is 12.2 Å². The van der Waals surface area contributed by atoms with Crippen LogP contribution in [-0.2, 0) is 28.6 Å². The van der Waals surface area contributed by atoms with Crippen molar-refractivity contribution in [1.82, 2.24) is 10.3 Å². The summed E-state index contributed by atoms with van der Waals surface area (Å²) in [5.74, 6) is -2.53. The lowest BCUT2D eigenvalue weighted by atomic mass is 9.65. The Bertz CT molecular complexity index is 2200. The topological polar surface area (TPSA) is 152 Å². The Morgan fingerprint density at radius 2 is 1.80 bits per heavy atom. The van der Waals surface area contributed by atoms with E-state index in [4.69, 9.17) is 24.2 Å². The van der Waals surface area contributed by atoms with Gasteiger partial charge in [0, 0.05) is 41.4 Å². The number of allylic oxidation sites excluding steroid dienone is 7. The van der Waals surface area contributed by atoms with Crippen molar-refractivity contribution in [2.45, 2.75) is 53.5 Å². The molecule has 1 aliphatic carbocycles. The number of carbonyl (C=O) groups is 3. The summed E-state index contributed by atoms with van der Waals surface area (Å²) in [6.07, 6.45) is 13.6. The van der Waals surface area contributed by atoms with Crippen LogP contribution in [0.1, 0.15) is 51.7 Å². The van der Waals surface area contributed by atoms with Gasteiger partial charge in [-0.05, 0) is 79.9 Å². The third kappa shape index (κ3) is 5.86. The van der Waals surface area contributed by atoms with Crippen LogP contribution in [0.15, 0.2) is 98.7 Å². The SMILES string of the molecule is C=CC1=C(C)C2=N/C1=C\C1NC(=C(CCC(=O)OC)C1C)/C=c1\[nH]c(c(C)c1C(=C)O)=CC1=NC(=C2)C2=CC=C(OC(C)=O)[C@@H](C(=O)OC)[C@]21C. The number of carbonyl (C=O) groups excluding carboxylic acids is 3. The van der Waals surface area contributed by atoms with Gasteiger partial charge >= 0.3 is 17.9 Å². The highest BCUT2D eigenvalue weighted by Crippen LogP contribution is 2.52. The van der Waals surface area contributed by atoms with Gasteiger partial charge in [0.05, 0.1) is 53.8 Å². The van der Waals surface area contributed by atoms with Crippen LogP contribution in [0.5, 0.6) is 0 Å². The third-order valence-corrected chi connectivity index (χ3v) is 10.5. The minimum atomic E-state index is -1.14. The lowest BCUT2D eigenvalue weighted by molar-refractivity contribution is -0.149. The maximum Gasteiger partial charge on any atom is 0.317 e. The number of aromatic nitrogens is 1. The summed E-state index contributed by atoms with van der Waals surface area (Å²) in [6, 6.07) is -0.181. The lowest BCUT2D eigenvalue weighted by Gasteiger charge is -2.37. The van der Waals surface area contributed by atoms with Gasteiger partial charge in [0.15, 0.2) is 0 Å². The summed E-state index contributed by atoms with van der Waals surface area (Å²) in [4.78, 5) is 51.7. The fraction of sp³-hybridized carbons (Fsp3) is 0.325. The zero-order valence-electron chi connectivity index (χ0n) is 29.9. The van der Waals surface area contributed by atoms with Crippen LogP contribution in [-0.4, -0.2) is 59.7 Å². The second-order valence-corrected chi connectivity index (χ2v) is 13.4. The fourth-order valence-corrected chi connectivity index (χ4v) is 7.69. The van der Waals surface area contributed by atoms with Crippen molar-refractivity contribution in [3.8, 4) is 0 Å². The summed E-state index contributed by atoms with van der Waals surface area (Å²) in [6.45, 7) is 17.0. The molecule has 0 aromatic carbocycles. The molecule has 51 heavy (non-hydrogen) atoms. The predicted molar refractivity (Wildman–Crippen MR) is 195 cm³/mol. The maximum atomic E-state index is 13.6. The van der Waals surface area contributed by atoms with E-state index in [-0.39, 0.29) is 35.9 Å². The molecule has 2 unspecified atom stereocenters. The zero-order chi connectivity index (χ0) is 36.9. The van der Waals surface area contributed by atoms with Crippen LogP contribution in [0.3, 0.4) is 0 Å². The standard InChI is InChI=1S/C40H42N4O7/c1-10-24-19(2)28-16-32-26-12-13-34(51-23(6)46)38(39(48)50-9)40(26,7)35(44-32)18-29-21(4)37(22(5)45)33(43-29)17-31-25(11-14-36(47)49-8)20(3)27(42-31)15-30(24)41-28/h10,12-13,15-18,20,27,38,42-43,45H,1,5,11,14H2,2-4,6-9H3/b29-18?,30-15-,32-16?,33-17-/t20?,27?,38-,40+/m0/s1. The van der Waals surface area contributed by atoms with Crippen LogP contribution >= 0.6 is 0 Å². The molecular weight excluding hydrogens is 648 g/mol. The molecule has 3 N–H and O–H groups in total. The average Bonchev–Trinajstić information content (AvgIpc) is 3.74. The van der Waals surface area contributed by atoms with E-state index in [1.165, 1.54) is 21.1 Å². The van der Waals surface area contributed by atoms with E-state index in [2.05, 4.69) is 36.5 Å². The predicted octanol–water partition coefficient (Wildman–Crippen LogP) is 4.60. The van der Waals surface area contributed by atoms with Gasteiger partial charge in [-0.1, -0.05) is 32.2 Å². The molecule has 0 amide bonds. The van der Waals surface area contributed by atoms with Gasteiger partial charge in [-0.2, -0.15) is 0 Å². The van der Waals surface area contributed by atoms with E-state index < -0.39 is 23.3 Å². The second kappa shape index (κ2) is 13.2. The van der Waals surface area contributed by atoms with Crippen molar-refractivity contribution in [3.05, 3.63) is 111 Å². The number of aromatic amines is 1. The number of hydrogen-bond donors (Lipinski definition) is 3. The van der Waals surface area contributed by atoms with Crippen molar-refractivity contribution >= 4 is 47.2 Å². The van der Waals surface area contributed by atoms with Crippen LogP contribution in [0, 0.1) is 24.2 Å². The van der Waals surface area contributed by atoms with Gasteiger partial charge in [0.25, 0.3) is 0 Å². The number of hydrogen-bond acceptors (Lipinski definition) is 10. The monoisotopic (exact) mass is 690 g/mol. The highest BCUT2D eigenvalue weighted by Gasteiger charge is 2.54. The fourth-order valence-electron chi connectivity index (χ4n) is 7.69. The Morgan fingerprint density at radius 1 is 1.06 bits per heavy atom. The molecule has 6 rings (SSSR count). The van der Waals surface area contributed by atoms with E-state index in [9.17, 15) is 19.5 Å². The Hall–Kier alpha value is -5.71. The first-order chi connectivity index (χ1) is 24.2. The molecule has 0 saturated carbocycles. The van der Waals surface area contributed by atoms with Crippen molar-refractivity contribution < 1.29 is 33.7 Å². The summed E-state index contributed by atoms with van der Waals surface area (Å²) in [5, 5.41) is 15.7. The van der Waals surface area contributed by atoms with Crippen LogP contribution < -0.4 is 16.0 Å². The number of methoxy groups -OCH3 is 2. The number of nitrogens with zero attached hydrogens (tertiary/aromatic N) is 2. The summed E-state index contributed by atoms with van der Waals surface area (Å²) in [7, 11) is 2.67. The zero-order valence-corrected chi connectivity index (χ0v) is 29.9. The highest BCUT2D eigenvalue weighted by molar-refractivity contribution is 6.21. The number of aliphatic imine (C=N–C) groups is 2. The molecule has 0 fully saturated rings. The molecule has 11 heteroatoms. The van der Waals surface area contributed by atoms with Crippen molar-refractivity contribution in [2.24, 2.45) is 27.2 Å². The first-order valence-corrected chi connectivity index (χ1v) is 16.7. The molecular formula is C40H42N4O7. The smallest absolute Gasteiger partial charge is 0.317 e. The number of rotatable bonds is 7. The van der Waals surface area contributed by atoms with Crippen molar-refractivity contribution in [3.63, 3.8) is 0 Å². The molecule has 4 atom stereocenters. The number of aliphatic hydroxyl groups excluding tert-OH is 1. The van der Waals surface area contributed by atoms with Gasteiger partial charge in [-0.25, -0.2) is 4.99 Å². The van der Waals surface area contributed by atoms with Gasteiger partial charge in [0.2, 0.25) is 0 Å². The molecule has 5 heterocycles. The average molecular weight is 691 g/mol. The van der Waals surface area contributed by atoms with Gasteiger partial charge in [0.1, 0.15) is 17.4 Å². The number of ether oxygens (including phenoxy) is 3. The van der Waals surface area contributed by atoms with E-state index in [1.807, 2.05) is 45.1 Å². The molecule has 0 radical (unpaired) electrons. The normalized spacial score (nSPS) is 26.4. The summed E-state index contributed by atoms with van der Waals surface area (Å²) >= 11 is 0. The van der Waals surface area contributed by atoms with Gasteiger partial charge in [-0.3, -0.25) is 19.4 Å². The Labute approximate surface area is 296 Å². The van der Waals surface area contributed by atoms with Crippen LogP contribution in [0.2, 0.25) is 0 Å². The molecule has 1 aromatic rings. The Balaban J connectivity index is 1.68. The highest BCUT2D eigenvalue weighted by atomic mass is 16.5. The quantitative estimate of drug-likeness (QED) is 0.213. The summed E-state index contributed by atoms with van der Waals surface area (Å²) in [5.41, 5.74) is 6.87. The molecule has 264 valence electrons. The second-order valence-electron chi connectivity index (χ2n) is 13.4. The molecule has 0 saturated heterocycles. The minimum Gasteiger partial charge on any atom is -0.508 e.